The normalized spacial score (nSPS) is 11.5. The van der Waals surface area contributed by atoms with Gasteiger partial charge in [0.15, 0.2) is 5.69 Å². The molecule has 0 atom stereocenters. The van der Waals surface area contributed by atoms with E-state index in [2.05, 4.69) is 68.3 Å². The van der Waals surface area contributed by atoms with Crippen molar-refractivity contribution in [1.82, 2.24) is 0 Å². The van der Waals surface area contributed by atoms with Crippen molar-refractivity contribution in [2.24, 2.45) is 0 Å². The Labute approximate surface area is 114 Å². The lowest BCUT2D eigenvalue weighted by atomic mass is 9.95. The van der Waals surface area contributed by atoms with Crippen molar-refractivity contribution in [2.75, 3.05) is 0 Å². The molecular formula is C16H22NS+. The molecule has 0 radical (unpaired) electrons. The first-order valence-corrected chi connectivity index (χ1v) is 7.53. The van der Waals surface area contributed by atoms with E-state index in [1.807, 2.05) is 0 Å². The second kappa shape index (κ2) is 5.23. The van der Waals surface area contributed by atoms with Crippen molar-refractivity contribution < 1.29 is 4.57 Å². The monoisotopic (exact) mass is 260 g/mol. The van der Waals surface area contributed by atoms with Crippen molar-refractivity contribution in [3.63, 3.8) is 0 Å². The standard InChI is InChI=1S/C16H22NS/c1-11(2)14-6-15(12(3)4)8-16(7-14)17-10-18-9-13(17)5/h6-12H,1-5H3/q+1. The SMILES string of the molecule is Cc1csc[n+]1-c1cc(C(C)C)cc(C(C)C)c1. The number of aryl methyl sites for hydroxylation is 1. The first kappa shape index (κ1) is 13.3. The average molecular weight is 260 g/mol. The van der Waals surface area contributed by atoms with Gasteiger partial charge in [0.05, 0.1) is 5.38 Å². The summed E-state index contributed by atoms with van der Waals surface area (Å²) in [6.45, 7) is 11.2. The summed E-state index contributed by atoms with van der Waals surface area (Å²) < 4.78 is 2.28. The first-order chi connectivity index (χ1) is 8.49. The molecular weight excluding hydrogens is 238 g/mol. The molecule has 0 unspecified atom stereocenters. The molecule has 1 heterocycles. The number of nitrogens with zero attached hydrogens (tertiary/aromatic N) is 1. The highest BCUT2D eigenvalue weighted by Crippen LogP contribution is 2.23. The van der Waals surface area contributed by atoms with Crippen molar-refractivity contribution in [3.8, 4) is 5.69 Å². The molecule has 96 valence electrons. The highest BCUT2D eigenvalue weighted by molar-refractivity contribution is 7.07. The van der Waals surface area contributed by atoms with E-state index in [0.717, 1.165) is 0 Å². The zero-order valence-corrected chi connectivity index (χ0v) is 12.7. The second-order valence-electron chi connectivity index (χ2n) is 5.54. The molecule has 2 heteroatoms. The van der Waals surface area contributed by atoms with Gasteiger partial charge in [-0.25, -0.2) is 0 Å². The molecule has 2 aromatic rings. The molecule has 0 N–H and O–H groups in total. The lowest BCUT2D eigenvalue weighted by Gasteiger charge is -2.11. The molecule has 0 spiro atoms. The van der Waals surface area contributed by atoms with Gasteiger partial charge in [0.25, 0.3) is 0 Å². The van der Waals surface area contributed by atoms with Gasteiger partial charge in [-0.3, -0.25) is 0 Å². The lowest BCUT2D eigenvalue weighted by molar-refractivity contribution is -0.597. The Bertz CT molecular complexity index is 512. The van der Waals surface area contributed by atoms with E-state index in [0.29, 0.717) is 11.8 Å². The molecule has 0 aliphatic heterocycles. The number of hydrogen-bond acceptors (Lipinski definition) is 1. The van der Waals surface area contributed by atoms with Gasteiger partial charge in [-0.1, -0.05) is 45.1 Å². The van der Waals surface area contributed by atoms with E-state index in [1.165, 1.54) is 22.5 Å². The van der Waals surface area contributed by atoms with Crippen molar-refractivity contribution in [3.05, 3.63) is 45.9 Å². The fourth-order valence-corrected chi connectivity index (χ4v) is 2.84. The third-order valence-corrected chi connectivity index (χ3v) is 4.17. The van der Waals surface area contributed by atoms with Crippen molar-refractivity contribution in [1.29, 1.82) is 0 Å². The summed E-state index contributed by atoms with van der Waals surface area (Å²) in [6.07, 6.45) is 0. The van der Waals surface area contributed by atoms with Crippen LogP contribution in [0.5, 0.6) is 0 Å². The minimum atomic E-state index is 0.571. The summed E-state index contributed by atoms with van der Waals surface area (Å²) in [5.74, 6) is 1.14. The molecule has 0 aliphatic carbocycles. The Hall–Kier alpha value is -1.15. The van der Waals surface area contributed by atoms with Gasteiger partial charge >= 0.3 is 0 Å². The minimum Gasteiger partial charge on any atom is -0.155 e. The number of rotatable bonds is 3. The van der Waals surface area contributed by atoms with Gasteiger partial charge in [0, 0.05) is 19.1 Å². The van der Waals surface area contributed by atoms with Crippen LogP contribution in [0.2, 0.25) is 0 Å². The highest BCUT2D eigenvalue weighted by Gasteiger charge is 2.15. The zero-order chi connectivity index (χ0) is 13.3. The highest BCUT2D eigenvalue weighted by atomic mass is 32.1. The predicted molar refractivity (Wildman–Crippen MR) is 78.8 cm³/mol. The van der Waals surface area contributed by atoms with Crippen molar-refractivity contribution >= 4 is 11.3 Å². The molecule has 1 aromatic carbocycles. The molecule has 0 fully saturated rings. The van der Waals surface area contributed by atoms with Crippen LogP contribution in [-0.2, 0) is 0 Å². The van der Waals surface area contributed by atoms with E-state index >= 15 is 0 Å². The van der Waals surface area contributed by atoms with Crippen LogP contribution in [0.15, 0.2) is 29.1 Å². The lowest BCUT2D eigenvalue weighted by Crippen LogP contribution is -2.31. The smallest absolute Gasteiger partial charge is 0.155 e. The number of hydrogen-bond donors (Lipinski definition) is 0. The van der Waals surface area contributed by atoms with Crippen LogP contribution in [0.3, 0.4) is 0 Å². The summed E-state index contributed by atoms with van der Waals surface area (Å²) in [7, 11) is 0. The van der Waals surface area contributed by atoms with Crippen LogP contribution in [0.4, 0.5) is 0 Å². The van der Waals surface area contributed by atoms with Gasteiger partial charge < -0.3 is 0 Å². The molecule has 0 saturated carbocycles. The van der Waals surface area contributed by atoms with Gasteiger partial charge in [-0.05, 0) is 23.0 Å². The summed E-state index contributed by atoms with van der Waals surface area (Å²) in [4.78, 5) is 0. The molecule has 0 amide bonds. The maximum Gasteiger partial charge on any atom is 0.230 e. The zero-order valence-electron chi connectivity index (χ0n) is 11.9. The predicted octanol–water partition coefficient (Wildman–Crippen LogP) is 4.58. The van der Waals surface area contributed by atoms with E-state index < -0.39 is 0 Å². The Morgan fingerprint density at radius 2 is 1.50 bits per heavy atom. The maximum atomic E-state index is 2.35. The van der Waals surface area contributed by atoms with Crippen LogP contribution in [-0.4, -0.2) is 0 Å². The Morgan fingerprint density at radius 1 is 0.944 bits per heavy atom. The fourth-order valence-electron chi connectivity index (χ4n) is 2.06. The topological polar surface area (TPSA) is 3.88 Å². The van der Waals surface area contributed by atoms with Gasteiger partial charge in [-0.15, -0.1) is 0 Å². The number of aromatic nitrogens is 1. The molecule has 1 aromatic heterocycles. The van der Waals surface area contributed by atoms with Crippen molar-refractivity contribution in [2.45, 2.75) is 46.5 Å². The Balaban J connectivity index is 2.57. The van der Waals surface area contributed by atoms with E-state index in [-0.39, 0.29) is 0 Å². The third kappa shape index (κ3) is 2.64. The van der Waals surface area contributed by atoms with Crippen LogP contribution in [0.1, 0.15) is 56.4 Å². The summed E-state index contributed by atoms with van der Waals surface area (Å²) in [5, 5.41) is 2.19. The molecule has 18 heavy (non-hydrogen) atoms. The fraction of sp³-hybridized carbons (Fsp3) is 0.438. The van der Waals surface area contributed by atoms with Gasteiger partial charge in [0.2, 0.25) is 11.2 Å². The first-order valence-electron chi connectivity index (χ1n) is 6.58. The summed E-state index contributed by atoms with van der Waals surface area (Å²) >= 11 is 1.75. The van der Waals surface area contributed by atoms with E-state index in [9.17, 15) is 0 Å². The average Bonchev–Trinajstić information content (AvgIpc) is 2.74. The van der Waals surface area contributed by atoms with Crippen LogP contribution in [0, 0.1) is 6.92 Å². The Kier molecular flexibility index (Phi) is 3.86. The van der Waals surface area contributed by atoms with Crippen LogP contribution < -0.4 is 4.57 Å². The van der Waals surface area contributed by atoms with Gasteiger partial charge in [-0.2, -0.15) is 4.57 Å². The summed E-state index contributed by atoms with van der Waals surface area (Å²) in [6, 6.07) is 6.98. The maximum absolute atomic E-state index is 2.35. The summed E-state index contributed by atoms with van der Waals surface area (Å²) in [5.41, 5.74) is 7.63. The second-order valence-corrected chi connectivity index (χ2v) is 6.26. The third-order valence-electron chi connectivity index (χ3n) is 3.36. The van der Waals surface area contributed by atoms with Gasteiger partial charge in [0.1, 0.15) is 0 Å². The number of benzene rings is 1. The molecule has 0 bridgehead atoms. The number of thiazole rings is 1. The molecule has 0 saturated heterocycles. The van der Waals surface area contributed by atoms with E-state index in [4.69, 9.17) is 0 Å². The van der Waals surface area contributed by atoms with Crippen LogP contribution >= 0.6 is 11.3 Å². The quantitative estimate of drug-likeness (QED) is 0.711. The minimum absolute atomic E-state index is 0.571. The molecule has 0 aliphatic rings. The molecule has 2 rings (SSSR count). The Morgan fingerprint density at radius 3 is 1.89 bits per heavy atom. The largest absolute Gasteiger partial charge is 0.230 e. The van der Waals surface area contributed by atoms with E-state index in [1.54, 1.807) is 11.3 Å². The van der Waals surface area contributed by atoms with Crippen LogP contribution in [0.25, 0.3) is 5.69 Å². The molecule has 1 nitrogen and oxygen atoms in total.